The predicted octanol–water partition coefficient (Wildman–Crippen LogP) is 0.715. The number of hydrogen-bond donors (Lipinski definition) is 3. The second-order valence-corrected chi connectivity index (χ2v) is 2.35. The number of carboxylic acids is 2. The molecular weight excluding hydrogens is 176 g/mol. The van der Waals surface area contributed by atoms with Crippen molar-refractivity contribution >= 4 is 11.9 Å². The van der Waals surface area contributed by atoms with E-state index in [-0.39, 0.29) is 12.8 Å². The predicted molar refractivity (Wildman–Crippen MR) is 46.5 cm³/mol. The summed E-state index contributed by atoms with van der Waals surface area (Å²) in [6, 6.07) is 0. The van der Waals surface area contributed by atoms with E-state index in [1.165, 1.54) is 0 Å². The van der Waals surface area contributed by atoms with Gasteiger partial charge in [0.2, 0.25) is 0 Å². The molecule has 0 aliphatic rings. The van der Waals surface area contributed by atoms with Gasteiger partial charge in [0, 0.05) is 20.0 Å². The Kier molecular flexibility index (Phi) is 12.1. The van der Waals surface area contributed by atoms with Crippen LogP contribution in [0.4, 0.5) is 0 Å². The van der Waals surface area contributed by atoms with Gasteiger partial charge in [-0.05, 0) is 12.8 Å². The standard InChI is InChI=1S/C7H12O4.CH4O/c8-6(9)4-2-1-3-5-7(10)11;1-2/h1-5H2,(H,8,9)(H,10,11);2H,1H3. The van der Waals surface area contributed by atoms with Crippen LogP contribution < -0.4 is 0 Å². The SMILES string of the molecule is CO.O=C(O)CCCCCC(=O)O. The van der Waals surface area contributed by atoms with Gasteiger partial charge in [0.15, 0.2) is 0 Å². The molecule has 5 heteroatoms. The number of carbonyl (C=O) groups is 2. The molecule has 0 spiro atoms. The van der Waals surface area contributed by atoms with Gasteiger partial charge >= 0.3 is 11.9 Å². The Hall–Kier alpha value is -1.10. The van der Waals surface area contributed by atoms with Crippen LogP contribution in [0, 0.1) is 0 Å². The molecule has 0 heterocycles. The molecule has 0 radical (unpaired) electrons. The van der Waals surface area contributed by atoms with Crippen LogP contribution in [0.15, 0.2) is 0 Å². The number of hydrogen-bond acceptors (Lipinski definition) is 3. The number of carboxylic acid groups (broad SMARTS) is 2. The molecule has 0 aliphatic heterocycles. The first-order valence-electron chi connectivity index (χ1n) is 4.01. The van der Waals surface area contributed by atoms with Gasteiger partial charge in [-0.25, -0.2) is 0 Å². The van der Waals surface area contributed by atoms with Crippen molar-refractivity contribution in [2.45, 2.75) is 32.1 Å². The van der Waals surface area contributed by atoms with Crippen molar-refractivity contribution < 1.29 is 24.9 Å². The van der Waals surface area contributed by atoms with Gasteiger partial charge in [0.05, 0.1) is 0 Å². The number of aliphatic carboxylic acids is 2. The van der Waals surface area contributed by atoms with Gasteiger partial charge in [-0.1, -0.05) is 6.42 Å². The molecule has 0 aromatic heterocycles. The fourth-order valence-corrected chi connectivity index (χ4v) is 0.729. The van der Waals surface area contributed by atoms with Crippen LogP contribution in [0.3, 0.4) is 0 Å². The van der Waals surface area contributed by atoms with Crippen LogP contribution in [-0.4, -0.2) is 34.4 Å². The summed E-state index contributed by atoms with van der Waals surface area (Å²) in [5.41, 5.74) is 0. The maximum Gasteiger partial charge on any atom is 0.303 e. The molecule has 0 unspecified atom stereocenters. The van der Waals surface area contributed by atoms with E-state index in [4.69, 9.17) is 15.3 Å². The molecule has 0 aromatic rings. The lowest BCUT2D eigenvalue weighted by atomic mass is 10.1. The summed E-state index contributed by atoms with van der Waals surface area (Å²) in [4.78, 5) is 20.0. The first kappa shape index (κ1) is 14.4. The molecule has 0 fully saturated rings. The lowest BCUT2D eigenvalue weighted by Gasteiger charge is -1.94. The van der Waals surface area contributed by atoms with E-state index < -0.39 is 11.9 Å². The molecule has 0 bridgehead atoms. The highest BCUT2D eigenvalue weighted by molar-refractivity contribution is 5.67. The number of unbranched alkanes of at least 4 members (excludes halogenated alkanes) is 2. The highest BCUT2D eigenvalue weighted by Gasteiger charge is 1.98. The van der Waals surface area contributed by atoms with Crippen LogP contribution in [0.2, 0.25) is 0 Å². The van der Waals surface area contributed by atoms with E-state index in [1.54, 1.807) is 0 Å². The zero-order valence-corrected chi connectivity index (χ0v) is 7.69. The number of rotatable bonds is 6. The Balaban J connectivity index is 0. The summed E-state index contributed by atoms with van der Waals surface area (Å²) in [5.74, 6) is -1.64. The van der Waals surface area contributed by atoms with Crippen molar-refractivity contribution in [3.8, 4) is 0 Å². The molecule has 0 rings (SSSR count). The second-order valence-electron chi connectivity index (χ2n) is 2.35. The monoisotopic (exact) mass is 192 g/mol. The molecule has 0 aliphatic carbocycles. The Morgan fingerprint density at radius 2 is 1.15 bits per heavy atom. The zero-order valence-electron chi connectivity index (χ0n) is 7.69. The van der Waals surface area contributed by atoms with Crippen LogP contribution in [0.25, 0.3) is 0 Å². The van der Waals surface area contributed by atoms with Crippen LogP contribution >= 0.6 is 0 Å². The van der Waals surface area contributed by atoms with Gasteiger partial charge in [-0.15, -0.1) is 0 Å². The lowest BCUT2D eigenvalue weighted by Crippen LogP contribution is -1.96. The van der Waals surface area contributed by atoms with Crippen molar-refractivity contribution in [2.24, 2.45) is 0 Å². The Morgan fingerprint density at radius 3 is 1.38 bits per heavy atom. The third kappa shape index (κ3) is 18.1. The molecule has 0 saturated carbocycles. The van der Waals surface area contributed by atoms with Crippen LogP contribution in [-0.2, 0) is 9.59 Å². The Morgan fingerprint density at radius 1 is 0.846 bits per heavy atom. The average Bonchev–Trinajstić information content (AvgIpc) is 2.06. The third-order valence-electron chi connectivity index (χ3n) is 1.28. The zero-order chi connectivity index (χ0) is 10.7. The molecule has 13 heavy (non-hydrogen) atoms. The molecule has 0 aromatic carbocycles. The molecule has 78 valence electrons. The van der Waals surface area contributed by atoms with E-state index in [1.807, 2.05) is 0 Å². The molecular formula is C8H16O5. The molecule has 0 atom stereocenters. The first-order chi connectivity index (χ1) is 6.13. The maximum absolute atomic E-state index is 9.98. The van der Waals surface area contributed by atoms with Crippen molar-refractivity contribution in [1.82, 2.24) is 0 Å². The third-order valence-corrected chi connectivity index (χ3v) is 1.28. The van der Waals surface area contributed by atoms with Crippen LogP contribution in [0.1, 0.15) is 32.1 Å². The maximum atomic E-state index is 9.98. The normalized spacial score (nSPS) is 8.46. The van der Waals surface area contributed by atoms with Gasteiger partial charge in [0.1, 0.15) is 0 Å². The summed E-state index contributed by atoms with van der Waals surface area (Å²) in [6.45, 7) is 0. The highest BCUT2D eigenvalue weighted by Crippen LogP contribution is 2.02. The molecule has 0 amide bonds. The van der Waals surface area contributed by atoms with Crippen LogP contribution in [0.5, 0.6) is 0 Å². The average molecular weight is 192 g/mol. The van der Waals surface area contributed by atoms with E-state index in [9.17, 15) is 9.59 Å². The smallest absolute Gasteiger partial charge is 0.303 e. The second kappa shape index (κ2) is 10.9. The van der Waals surface area contributed by atoms with E-state index in [0.29, 0.717) is 19.3 Å². The van der Waals surface area contributed by atoms with Gasteiger partial charge in [-0.3, -0.25) is 9.59 Å². The van der Waals surface area contributed by atoms with E-state index >= 15 is 0 Å². The van der Waals surface area contributed by atoms with Crippen molar-refractivity contribution in [2.75, 3.05) is 7.11 Å². The summed E-state index contributed by atoms with van der Waals surface area (Å²) < 4.78 is 0. The molecule has 3 N–H and O–H groups in total. The van der Waals surface area contributed by atoms with E-state index in [0.717, 1.165) is 7.11 Å². The Labute approximate surface area is 77.0 Å². The summed E-state index contributed by atoms with van der Waals surface area (Å²) in [6.07, 6.45) is 2.10. The van der Waals surface area contributed by atoms with Gasteiger partial charge in [0.25, 0.3) is 0 Å². The van der Waals surface area contributed by atoms with Crippen molar-refractivity contribution in [3.05, 3.63) is 0 Å². The fraction of sp³-hybridized carbons (Fsp3) is 0.750. The largest absolute Gasteiger partial charge is 0.481 e. The van der Waals surface area contributed by atoms with Gasteiger partial charge < -0.3 is 15.3 Å². The topological polar surface area (TPSA) is 94.8 Å². The number of aliphatic hydroxyl groups excluding tert-OH is 1. The minimum atomic E-state index is -0.819. The van der Waals surface area contributed by atoms with E-state index in [2.05, 4.69) is 0 Å². The number of aliphatic hydroxyl groups is 1. The Bertz CT molecular complexity index is 127. The van der Waals surface area contributed by atoms with Crippen molar-refractivity contribution in [1.29, 1.82) is 0 Å². The van der Waals surface area contributed by atoms with Gasteiger partial charge in [-0.2, -0.15) is 0 Å². The summed E-state index contributed by atoms with van der Waals surface area (Å²) >= 11 is 0. The fourth-order valence-electron chi connectivity index (χ4n) is 0.729. The summed E-state index contributed by atoms with van der Waals surface area (Å²) in [5, 5.41) is 23.4. The minimum Gasteiger partial charge on any atom is -0.481 e. The minimum absolute atomic E-state index is 0.139. The lowest BCUT2D eigenvalue weighted by molar-refractivity contribution is -0.137. The molecule has 5 nitrogen and oxygen atoms in total. The highest BCUT2D eigenvalue weighted by atomic mass is 16.4. The quantitative estimate of drug-likeness (QED) is 0.539. The molecule has 0 saturated heterocycles. The summed E-state index contributed by atoms with van der Waals surface area (Å²) in [7, 11) is 1.00. The first-order valence-corrected chi connectivity index (χ1v) is 4.01. The van der Waals surface area contributed by atoms with Crippen molar-refractivity contribution in [3.63, 3.8) is 0 Å².